The van der Waals surface area contributed by atoms with Crippen LogP contribution in [0.15, 0.2) is 27.1 Å². The second-order valence-electron chi connectivity index (χ2n) is 3.92. The summed E-state index contributed by atoms with van der Waals surface area (Å²) < 4.78 is 6.57. The van der Waals surface area contributed by atoms with Gasteiger partial charge in [0.2, 0.25) is 0 Å². The van der Waals surface area contributed by atoms with E-state index in [0.717, 1.165) is 4.57 Å². The predicted molar refractivity (Wildman–Crippen MR) is 61.0 cm³/mol. The molecule has 2 rings (SSSR count). The zero-order valence-corrected chi connectivity index (χ0v) is 9.67. The summed E-state index contributed by atoms with van der Waals surface area (Å²) in [4.78, 5) is 31.5. The Bertz CT molecular complexity index is 604. The number of azide groups is 1. The van der Waals surface area contributed by atoms with Crippen molar-refractivity contribution in [3.05, 3.63) is 43.5 Å². The average Bonchev–Trinajstić information content (AvgIpc) is 2.71. The molecular formula is C9H11N5O5. The van der Waals surface area contributed by atoms with Gasteiger partial charge in [0.25, 0.3) is 5.56 Å². The fourth-order valence-electron chi connectivity index (χ4n) is 1.82. The van der Waals surface area contributed by atoms with Crippen LogP contribution in [0.1, 0.15) is 12.6 Å². The third kappa shape index (κ3) is 2.94. The number of rotatable bonds is 4. The molecule has 1 aromatic rings. The Labute approximate surface area is 105 Å². The van der Waals surface area contributed by atoms with Crippen molar-refractivity contribution >= 4 is 0 Å². The van der Waals surface area contributed by atoms with E-state index in [4.69, 9.17) is 10.3 Å². The Balaban J connectivity index is 2.09. The van der Waals surface area contributed by atoms with Gasteiger partial charge in [-0.1, -0.05) is 0 Å². The number of ether oxygens (including phenoxy) is 1. The van der Waals surface area contributed by atoms with E-state index in [9.17, 15) is 14.7 Å². The first-order chi connectivity index (χ1) is 9.11. The SMILES string of the molecule is [N-]=[N+]=NOC[C@H]1O[C@@H](n2ccc(=O)[nH]c2=O)C[C@@H]1O. The van der Waals surface area contributed by atoms with Crippen molar-refractivity contribution in [2.45, 2.75) is 24.9 Å². The molecule has 10 heteroatoms. The lowest BCUT2D eigenvalue weighted by molar-refractivity contribution is -0.0638. The fraction of sp³-hybridized carbons (Fsp3) is 0.556. The molecule has 0 amide bonds. The number of aliphatic hydroxyl groups is 1. The van der Waals surface area contributed by atoms with Crippen LogP contribution in [0.4, 0.5) is 0 Å². The van der Waals surface area contributed by atoms with Gasteiger partial charge in [-0.25, -0.2) is 4.79 Å². The maximum Gasteiger partial charge on any atom is 0.330 e. The van der Waals surface area contributed by atoms with Crippen molar-refractivity contribution in [2.24, 2.45) is 5.28 Å². The second-order valence-corrected chi connectivity index (χ2v) is 3.92. The van der Waals surface area contributed by atoms with Gasteiger partial charge in [-0.2, -0.15) is 0 Å². The van der Waals surface area contributed by atoms with Crippen molar-refractivity contribution in [2.75, 3.05) is 6.61 Å². The fourth-order valence-corrected chi connectivity index (χ4v) is 1.82. The highest BCUT2D eigenvalue weighted by Crippen LogP contribution is 2.27. The standard InChI is InChI=1S/C9H11N5O5/c10-12-13-18-4-6-5(15)3-8(19-6)14-2-1-7(16)11-9(14)17/h1-2,5-6,8,15H,3-4H2,(H,11,16,17)/t5-,6+,8+/m0/s1. The summed E-state index contributed by atoms with van der Waals surface area (Å²) in [5.74, 6) is 0. The largest absolute Gasteiger partial charge is 0.431 e. The van der Waals surface area contributed by atoms with Crippen molar-refractivity contribution in [3.8, 4) is 0 Å². The Morgan fingerprint density at radius 3 is 3.16 bits per heavy atom. The number of hydrogen-bond acceptors (Lipinski definition) is 6. The predicted octanol–water partition coefficient (Wildman–Crippen LogP) is -0.573. The van der Waals surface area contributed by atoms with E-state index in [1.165, 1.54) is 12.3 Å². The van der Waals surface area contributed by atoms with Gasteiger partial charge in [0.15, 0.2) is 0 Å². The van der Waals surface area contributed by atoms with Crippen LogP contribution in [0, 0.1) is 0 Å². The average molecular weight is 269 g/mol. The van der Waals surface area contributed by atoms with Gasteiger partial charge >= 0.3 is 5.69 Å². The Morgan fingerprint density at radius 2 is 2.47 bits per heavy atom. The van der Waals surface area contributed by atoms with E-state index in [1.807, 2.05) is 0 Å². The molecule has 1 aliphatic rings. The van der Waals surface area contributed by atoms with Crippen LogP contribution in [-0.4, -0.2) is 33.5 Å². The number of hydrogen-bond donors (Lipinski definition) is 2. The van der Waals surface area contributed by atoms with E-state index < -0.39 is 29.7 Å². The van der Waals surface area contributed by atoms with Gasteiger partial charge in [-0.3, -0.25) is 14.3 Å². The third-order valence-electron chi connectivity index (χ3n) is 2.70. The quantitative estimate of drug-likeness (QED) is 0.325. The number of aromatic nitrogens is 2. The van der Waals surface area contributed by atoms with Crippen LogP contribution in [0.25, 0.3) is 10.4 Å². The van der Waals surface area contributed by atoms with E-state index in [2.05, 4.69) is 20.0 Å². The minimum Gasteiger partial charge on any atom is -0.431 e. The highest BCUT2D eigenvalue weighted by molar-refractivity contribution is 4.88. The molecule has 1 aliphatic heterocycles. The molecule has 1 fully saturated rings. The topological polar surface area (TPSA) is 142 Å². The van der Waals surface area contributed by atoms with E-state index in [0.29, 0.717) is 0 Å². The monoisotopic (exact) mass is 269 g/mol. The van der Waals surface area contributed by atoms with E-state index in [-0.39, 0.29) is 13.0 Å². The normalized spacial score (nSPS) is 25.8. The zero-order valence-electron chi connectivity index (χ0n) is 9.67. The lowest BCUT2D eigenvalue weighted by Gasteiger charge is -2.14. The molecule has 0 unspecified atom stereocenters. The van der Waals surface area contributed by atoms with Crippen LogP contribution in [-0.2, 0) is 9.57 Å². The van der Waals surface area contributed by atoms with Gasteiger partial charge < -0.3 is 14.7 Å². The first-order valence-electron chi connectivity index (χ1n) is 5.43. The molecule has 0 bridgehead atoms. The molecule has 0 spiro atoms. The summed E-state index contributed by atoms with van der Waals surface area (Å²) in [6, 6.07) is 1.18. The molecule has 102 valence electrons. The number of aromatic amines is 1. The smallest absolute Gasteiger partial charge is 0.330 e. The Morgan fingerprint density at radius 1 is 1.68 bits per heavy atom. The molecule has 1 saturated heterocycles. The van der Waals surface area contributed by atoms with E-state index >= 15 is 0 Å². The van der Waals surface area contributed by atoms with Crippen LogP contribution < -0.4 is 11.2 Å². The molecule has 3 atom stereocenters. The van der Waals surface area contributed by atoms with Gasteiger partial charge in [0, 0.05) is 23.6 Å². The van der Waals surface area contributed by atoms with Crippen LogP contribution in [0.3, 0.4) is 0 Å². The molecule has 2 N–H and O–H groups in total. The lowest BCUT2D eigenvalue weighted by Crippen LogP contribution is -2.31. The zero-order chi connectivity index (χ0) is 13.8. The minimum absolute atomic E-state index is 0.125. The summed E-state index contributed by atoms with van der Waals surface area (Å²) in [7, 11) is 0. The molecule has 1 aromatic heterocycles. The summed E-state index contributed by atoms with van der Waals surface area (Å²) >= 11 is 0. The maximum atomic E-state index is 11.5. The highest BCUT2D eigenvalue weighted by atomic mass is 16.7. The van der Waals surface area contributed by atoms with Crippen molar-refractivity contribution in [1.82, 2.24) is 9.55 Å². The molecule has 0 aliphatic carbocycles. The van der Waals surface area contributed by atoms with Crippen molar-refractivity contribution in [3.63, 3.8) is 0 Å². The summed E-state index contributed by atoms with van der Waals surface area (Å²) in [6.07, 6.45) is -0.836. The number of aliphatic hydroxyl groups excluding tert-OH is 1. The third-order valence-corrected chi connectivity index (χ3v) is 2.70. The van der Waals surface area contributed by atoms with Gasteiger partial charge in [0.1, 0.15) is 24.2 Å². The maximum absolute atomic E-state index is 11.5. The molecule has 0 aromatic carbocycles. The first-order valence-corrected chi connectivity index (χ1v) is 5.43. The molecule has 2 heterocycles. The molecule has 10 nitrogen and oxygen atoms in total. The molecule has 0 saturated carbocycles. The molecule has 19 heavy (non-hydrogen) atoms. The summed E-state index contributed by atoms with van der Waals surface area (Å²) in [5, 5.41) is 12.6. The Kier molecular flexibility index (Phi) is 3.85. The second kappa shape index (κ2) is 5.57. The van der Waals surface area contributed by atoms with Crippen molar-refractivity contribution < 1.29 is 14.7 Å². The van der Waals surface area contributed by atoms with Crippen molar-refractivity contribution in [1.29, 1.82) is 0 Å². The van der Waals surface area contributed by atoms with Gasteiger partial charge in [0.05, 0.1) is 6.10 Å². The highest BCUT2D eigenvalue weighted by Gasteiger charge is 2.35. The summed E-state index contributed by atoms with van der Waals surface area (Å²) in [6.45, 7) is -0.125. The first kappa shape index (κ1) is 13.1. The van der Waals surface area contributed by atoms with Crippen LogP contribution in [0.2, 0.25) is 0 Å². The molecular weight excluding hydrogens is 258 g/mol. The van der Waals surface area contributed by atoms with Gasteiger partial charge in [-0.05, 0) is 5.53 Å². The van der Waals surface area contributed by atoms with E-state index in [1.54, 1.807) is 0 Å². The number of nitrogens with zero attached hydrogens (tertiary/aromatic N) is 4. The van der Waals surface area contributed by atoms with Crippen LogP contribution in [0.5, 0.6) is 0 Å². The summed E-state index contributed by atoms with van der Waals surface area (Å²) in [5.41, 5.74) is 6.91. The molecule has 0 radical (unpaired) electrons. The number of nitrogens with one attached hydrogen (secondary N) is 1. The lowest BCUT2D eigenvalue weighted by atomic mass is 10.2. The van der Waals surface area contributed by atoms with Crippen LogP contribution >= 0.6 is 0 Å². The minimum atomic E-state index is -0.863. The van der Waals surface area contributed by atoms with Gasteiger partial charge in [-0.15, -0.1) is 0 Å². The number of H-pyrrole nitrogens is 1. The Hall–Kier alpha value is -2.29.